The van der Waals surface area contributed by atoms with Gasteiger partial charge in [-0.25, -0.2) is 0 Å². The predicted molar refractivity (Wildman–Crippen MR) is 117 cm³/mol. The first-order chi connectivity index (χ1) is 15.3. The van der Waals surface area contributed by atoms with Crippen molar-refractivity contribution in [2.24, 2.45) is 0 Å². The van der Waals surface area contributed by atoms with Gasteiger partial charge in [-0.3, -0.25) is 4.98 Å². The molecule has 31 heavy (non-hydrogen) atoms. The zero-order valence-electron chi connectivity index (χ0n) is 17.3. The Morgan fingerprint density at radius 2 is 1.77 bits per heavy atom. The molecule has 0 radical (unpaired) electrons. The summed E-state index contributed by atoms with van der Waals surface area (Å²) in [4.78, 5) is 6.31. The fourth-order valence-corrected chi connectivity index (χ4v) is 4.04. The fourth-order valence-electron chi connectivity index (χ4n) is 4.04. The molecule has 1 aromatic carbocycles. The van der Waals surface area contributed by atoms with Crippen LogP contribution in [0.5, 0.6) is 5.75 Å². The summed E-state index contributed by atoms with van der Waals surface area (Å²) in [6.45, 7) is 2.63. The van der Waals surface area contributed by atoms with E-state index in [1.165, 1.54) is 0 Å². The highest BCUT2D eigenvalue weighted by Gasteiger charge is 2.38. The summed E-state index contributed by atoms with van der Waals surface area (Å²) in [6.07, 6.45) is 3.59. The summed E-state index contributed by atoms with van der Waals surface area (Å²) in [5, 5.41) is 12.3. The van der Waals surface area contributed by atoms with E-state index >= 15 is 0 Å². The van der Waals surface area contributed by atoms with E-state index in [-0.39, 0.29) is 18.2 Å². The molecule has 2 aliphatic heterocycles. The SMILES string of the molecule is COc1ccccc1-c1ccc(N2C[C@@H]3OCC(Nc4cccnc4)CO[C@H]3C2)nn1. The number of ether oxygens (including phenoxy) is 3. The van der Waals surface area contributed by atoms with Crippen LogP contribution in [0.25, 0.3) is 11.3 Å². The number of aromatic nitrogens is 3. The Morgan fingerprint density at radius 3 is 2.45 bits per heavy atom. The van der Waals surface area contributed by atoms with Crippen LogP contribution in [0, 0.1) is 0 Å². The van der Waals surface area contributed by atoms with Gasteiger partial charge in [0.1, 0.15) is 18.0 Å². The van der Waals surface area contributed by atoms with Gasteiger partial charge in [0, 0.05) is 31.0 Å². The van der Waals surface area contributed by atoms with E-state index in [0.29, 0.717) is 13.2 Å². The number of fused-ring (bicyclic) bond motifs is 1. The first-order valence-corrected chi connectivity index (χ1v) is 10.4. The standard InChI is InChI=1S/C23H25N5O3/c1-29-20-7-3-2-6-18(20)19-8-9-23(27-26-19)28-12-21-22(13-28)31-15-17(14-30-21)25-16-5-4-10-24-11-16/h2-11,17,21-22,25H,12-15H2,1H3/t21-,22-/m0/s1. The number of hydrogen-bond acceptors (Lipinski definition) is 8. The third-order valence-corrected chi connectivity index (χ3v) is 5.63. The molecule has 5 rings (SSSR count). The van der Waals surface area contributed by atoms with Crippen molar-refractivity contribution >= 4 is 11.5 Å². The molecule has 0 unspecified atom stereocenters. The molecule has 8 nitrogen and oxygen atoms in total. The third kappa shape index (κ3) is 4.30. The largest absolute Gasteiger partial charge is 0.496 e. The number of pyridine rings is 1. The van der Waals surface area contributed by atoms with E-state index in [1.54, 1.807) is 19.5 Å². The van der Waals surface area contributed by atoms with Crippen LogP contribution in [-0.2, 0) is 9.47 Å². The van der Waals surface area contributed by atoms with Crippen LogP contribution in [0.4, 0.5) is 11.5 Å². The normalized spacial score (nSPS) is 21.4. The van der Waals surface area contributed by atoms with Gasteiger partial charge in [0.2, 0.25) is 0 Å². The van der Waals surface area contributed by atoms with E-state index in [4.69, 9.17) is 14.2 Å². The van der Waals surface area contributed by atoms with Gasteiger partial charge in [0.15, 0.2) is 5.82 Å². The number of para-hydroxylation sites is 1. The van der Waals surface area contributed by atoms with Gasteiger partial charge in [-0.1, -0.05) is 12.1 Å². The molecule has 0 bridgehead atoms. The van der Waals surface area contributed by atoms with Crippen molar-refractivity contribution in [3.05, 3.63) is 60.9 Å². The van der Waals surface area contributed by atoms with E-state index in [9.17, 15) is 0 Å². The van der Waals surface area contributed by atoms with E-state index in [2.05, 4.69) is 25.4 Å². The number of hydrogen-bond donors (Lipinski definition) is 1. The second-order valence-electron chi connectivity index (χ2n) is 7.71. The molecule has 0 amide bonds. The van der Waals surface area contributed by atoms with Gasteiger partial charge < -0.3 is 24.4 Å². The van der Waals surface area contributed by atoms with Gasteiger partial charge in [0.25, 0.3) is 0 Å². The van der Waals surface area contributed by atoms with Crippen molar-refractivity contribution in [3.8, 4) is 17.0 Å². The Labute approximate surface area is 181 Å². The highest BCUT2D eigenvalue weighted by atomic mass is 16.6. The molecule has 2 atom stereocenters. The van der Waals surface area contributed by atoms with Crippen LogP contribution in [-0.4, -0.2) is 66.8 Å². The van der Waals surface area contributed by atoms with Crippen molar-refractivity contribution in [1.29, 1.82) is 0 Å². The highest BCUT2D eigenvalue weighted by molar-refractivity contribution is 5.67. The summed E-state index contributed by atoms with van der Waals surface area (Å²) in [6, 6.07) is 15.8. The number of benzene rings is 1. The van der Waals surface area contributed by atoms with Crippen LogP contribution in [0.2, 0.25) is 0 Å². The first kappa shape index (κ1) is 19.7. The van der Waals surface area contributed by atoms with Gasteiger partial charge in [-0.2, -0.15) is 0 Å². The second-order valence-corrected chi connectivity index (χ2v) is 7.71. The topological polar surface area (TPSA) is 81.6 Å². The maximum Gasteiger partial charge on any atom is 0.151 e. The van der Waals surface area contributed by atoms with E-state index < -0.39 is 0 Å². The Morgan fingerprint density at radius 1 is 0.968 bits per heavy atom. The molecule has 2 aromatic heterocycles. The summed E-state index contributed by atoms with van der Waals surface area (Å²) in [7, 11) is 1.66. The molecular formula is C23H25N5O3. The molecular weight excluding hydrogens is 394 g/mol. The van der Waals surface area contributed by atoms with Crippen LogP contribution < -0.4 is 15.0 Å². The van der Waals surface area contributed by atoms with Crippen molar-refractivity contribution in [2.45, 2.75) is 18.2 Å². The lowest BCUT2D eigenvalue weighted by Crippen LogP contribution is -2.31. The molecule has 2 saturated heterocycles. The van der Waals surface area contributed by atoms with Gasteiger partial charge in [0.05, 0.1) is 37.7 Å². The summed E-state index contributed by atoms with van der Waals surface area (Å²) >= 11 is 0. The van der Waals surface area contributed by atoms with E-state index in [0.717, 1.165) is 41.6 Å². The summed E-state index contributed by atoms with van der Waals surface area (Å²) in [5.74, 6) is 1.60. The first-order valence-electron chi connectivity index (χ1n) is 10.4. The summed E-state index contributed by atoms with van der Waals surface area (Å²) < 4.78 is 17.8. The lowest BCUT2D eigenvalue weighted by molar-refractivity contribution is -0.00461. The van der Waals surface area contributed by atoms with Gasteiger partial charge in [-0.05, 0) is 36.4 Å². The maximum absolute atomic E-state index is 6.17. The zero-order valence-corrected chi connectivity index (χ0v) is 17.3. The van der Waals surface area contributed by atoms with Crippen molar-refractivity contribution < 1.29 is 14.2 Å². The Kier molecular flexibility index (Phi) is 5.64. The minimum atomic E-state index is 0.0105. The monoisotopic (exact) mass is 419 g/mol. The number of nitrogens with zero attached hydrogens (tertiary/aromatic N) is 4. The molecule has 4 heterocycles. The molecule has 8 heteroatoms. The Balaban J connectivity index is 1.21. The van der Waals surface area contributed by atoms with Crippen molar-refractivity contribution in [1.82, 2.24) is 15.2 Å². The number of nitrogens with one attached hydrogen (secondary N) is 1. The summed E-state index contributed by atoms with van der Waals surface area (Å²) in [5.41, 5.74) is 2.68. The molecule has 0 aliphatic carbocycles. The van der Waals surface area contributed by atoms with Crippen LogP contribution in [0.15, 0.2) is 60.9 Å². The number of methoxy groups -OCH3 is 1. The van der Waals surface area contributed by atoms with Crippen LogP contribution >= 0.6 is 0 Å². The molecule has 1 N–H and O–H groups in total. The second kappa shape index (κ2) is 8.87. The van der Waals surface area contributed by atoms with Crippen molar-refractivity contribution in [3.63, 3.8) is 0 Å². The minimum absolute atomic E-state index is 0.0105. The Bertz CT molecular complexity index is 986. The average molecular weight is 419 g/mol. The lowest BCUT2D eigenvalue weighted by Gasteiger charge is -2.20. The number of anilines is 2. The molecule has 3 aromatic rings. The zero-order chi connectivity index (χ0) is 21.0. The molecule has 160 valence electrons. The third-order valence-electron chi connectivity index (χ3n) is 5.63. The highest BCUT2D eigenvalue weighted by Crippen LogP contribution is 2.29. The smallest absolute Gasteiger partial charge is 0.151 e. The molecule has 2 fully saturated rings. The Hall–Kier alpha value is -3.23. The van der Waals surface area contributed by atoms with Crippen molar-refractivity contribution in [2.75, 3.05) is 43.6 Å². The van der Waals surface area contributed by atoms with Crippen LogP contribution in [0.1, 0.15) is 0 Å². The lowest BCUT2D eigenvalue weighted by atomic mass is 10.1. The minimum Gasteiger partial charge on any atom is -0.496 e. The number of rotatable bonds is 5. The van der Waals surface area contributed by atoms with E-state index in [1.807, 2.05) is 48.5 Å². The fraction of sp³-hybridized carbons (Fsp3) is 0.348. The quantitative estimate of drug-likeness (QED) is 0.676. The molecule has 2 aliphatic rings. The molecule has 0 saturated carbocycles. The average Bonchev–Trinajstić information content (AvgIpc) is 3.15. The predicted octanol–water partition coefficient (Wildman–Crippen LogP) is 2.63. The van der Waals surface area contributed by atoms with Crippen LogP contribution in [0.3, 0.4) is 0 Å². The molecule has 0 spiro atoms. The van der Waals surface area contributed by atoms with Gasteiger partial charge >= 0.3 is 0 Å². The van der Waals surface area contributed by atoms with Gasteiger partial charge in [-0.15, -0.1) is 10.2 Å². The maximum atomic E-state index is 6.17.